The Kier molecular flexibility index (Phi) is 6.58. The largest absolute Gasteiger partial charge is 0.357 e. The highest BCUT2D eigenvalue weighted by molar-refractivity contribution is 9.10. The molecule has 0 spiro atoms. The molecule has 1 aromatic carbocycles. The van der Waals surface area contributed by atoms with Crippen LogP contribution in [0, 0.1) is 10.1 Å². The average molecular weight is 408 g/mol. The van der Waals surface area contributed by atoms with Crippen LogP contribution in [0.1, 0.15) is 18.2 Å². The monoisotopic (exact) mass is 407 g/mol. The van der Waals surface area contributed by atoms with Crippen LogP contribution in [0.4, 0.5) is 5.69 Å². The molecule has 0 aliphatic heterocycles. The molecule has 1 heterocycles. The van der Waals surface area contributed by atoms with Crippen LogP contribution in [0.25, 0.3) is 0 Å². The third-order valence-corrected chi connectivity index (χ3v) is 4.19. The Balaban J connectivity index is 2.18. The number of nitrogens with one attached hydrogen (secondary N) is 1. The number of guanidine groups is 1. The summed E-state index contributed by atoms with van der Waals surface area (Å²) in [6.45, 7) is 3.63. The molecule has 0 atom stereocenters. The minimum atomic E-state index is -0.372. The van der Waals surface area contributed by atoms with Crippen molar-refractivity contribution in [3.63, 3.8) is 0 Å². The summed E-state index contributed by atoms with van der Waals surface area (Å²) < 4.78 is 3.08. The fraction of sp³-hybridized carbons (Fsp3) is 0.353. The van der Waals surface area contributed by atoms with E-state index in [0.717, 1.165) is 16.7 Å². The lowest BCUT2D eigenvalue weighted by Gasteiger charge is -2.22. The normalized spacial score (nSPS) is 11.4. The molecule has 25 heavy (non-hydrogen) atoms. The van der Waals surface area contributed by atoms with Crippen LogP contribution in [-0.4, -0.2) is 33.9 Å². The Labute approximate surface area is 155 Å². The van der Waals surface area contributed by atoms with Crippen LogP contribution in [0.2, 0.25) is 0 Å². The molecule has 0 aliphatic rings. The maximum absolute atomic E-state index is 11.1. The highest BCUT2D eigenvalue weighted by Gasteiger charge is 2.13. The van der Waals surface area contributed by atoms with Gasteiger partial charge in [-0.3, -0.25) is 10.1 Å². The van der Waals surface area contributed by atoms with Crippen molar-refractivity contribution in [3.8, 4) is 0 Å². The SMILES string of the molecule is CCNC(=NCc1ccccc1[N+](=O)[O-])N(C)Cc1cc(Br)cn1C. The van der Waals surface area contributed by atoms with Gasteiger partial charge in [-0.05, 0) is 28.9 Å². The summed E-state index contributed by atoms with van der Waals surface area (Å²) in [6, 6.07) is 8.75. The molecule has 0 radical (unpaired) electrons. The Morgan fingerprint density at radius 2 is 2.16 bits per heavy atom. The van der Waals surface area contributed by atoms with Gasteiger partial charge in [-0.25, -0.2) is 4.99 Å². The Hall–Kier alpha value is -2.35. The first-order valence-electron chi connectivity index (χ1n) is 7.94. The number of para-hydroxylation sites is 1. The topological polar surface area (TPSA) is 75.7 Å². The molecule has 0 unspecified atom stereocenters. The minimum absolute atomic E-state index is 0.0936. The van der Waals surface area contributed by atoms with E-state index in [1.54, 1.807) is 18.2 Å². The quantitative estimate of drug-likeness (QED) is 0.345. The van der Waals surface area contributed by atoms with Gasteiger partial charge in [-0.15, -0.1) is 0 Å². The molecule has 1 N–H and O–H groups in total. The van der Waals surface area contributed by atoms with Crippen molar-refractivity contribution in [1.29, 1.82) is 0 Å². The fourth-order valence-electron chi connectivity index (χ4n) is 2.49. The van der Waals surface area contributed by atoms with Crippen molar-refractivity contribution in [2.45, 2.75) is 20.0 Å². The predicted molar refractivity (Wildman–Crippen MR) is 102 cm³/mol. The Morgan fingerprint density at radius 1 is 1.44 bits per heavy atom. The highest BCUT2D eigenvalue weighted by Crippen LogP contribution is 2.19. The molecule has 0 saturated carbocycles. The molecule has 134 valence electrons. The van der Waals surface area contributed by atoms with Crippen molar-refractivity contribution >= 4 is 27.6 Å². The summed E-state index contributed by atoms with van der Waals surface area (Å²) in [4.78, 5) is 17.3. The van der Waals surface area contributed by atoms with E-state index >= 15 is 0 Å². The van der Waals surface area contributed by atoms with Gasteiger partial charge in [0.2, 0.25) is 0 Å². The van der Waals surface area contributed by atoms with Crippen molar-refractivity contribution < 1.29 is 4.92 Å². The van der Waals surface area contributed by atoms with E-state index in [9.17, 15) is 10.1 Å². The van der Waals surface area contributed by atoms with Crippen LogP contribution in [0.5, 0.6) is 0 Å². The second-order valence-electron chi connectivity index (χ2n) is 5.67. The second kappa shape index (κ2) is 8.66. The summed E-state index contributed by atoms with van der Waals surface area (Å²) in [6.07, 6.45) is 2.00. The molecular weight excluding hydrogens is 386 g/mol. The molecule has 0 amide bonds. The standard InChI is InChI=1S/C17H22BrN5O2/c1-4-19-17(22(3)12-15-9-14(18)11-21(15)2)20-10-13-7-5-6-8-16(13)23(24)25/h5-9,11H,4,10,12H2,1-3H3,(H,19,20). The predicted octanol–water partition coefficient (Wildman–Crippen LogP) is 3.29. The van der Waals surface area contributed by atoms with Crippen LogP contribution in [0.15, 0.2) is 46.0 Å². The molecule has 0 bridgehead atoms. The first kappa shape index (κ1) is 19.0. The molecule has 7 nitrogen and oxygen atoms in total. The van der Waals surface area contributed by atoms with E-state index in [1.165, 1.54) is 6.07 Å². The van der Waals surface area contributed by atoms with Gasteiger partial charge in [0, 0.05) is 43.1 Å². The second-order valence-corrected chi connectivity index (χ2v) is 6.59. The number of nitrogens with zero attached hydrogens (tertiary/aromatic N) is 4. The number of hydrogen-bond acceptors (Lipinski definition) is 3. The van der Waals surface area contributed by atoms with Crippen LogP contribution >= 0.6 is 15.9 Å². The van der Waals surface area contributed by atoms with Gasteiger partial charge in [0.1, 0.15) is 0 Å². The van der Waals surface area contributed by atoms with Gasteiger partial charge in [0.05, 0.1) is 23.6 Å². The van der Waals surface area contributed by atoms with Gasteiger partial charge >= 0.3 is 0 Å². The zero-order chi connectivity index (χ0) is 18.4. The first-order valence-corrected chi connectivity index (χ1v) is 8.74. The number of halogens is 1. The number of hydrogen-bond donors (Lipinski definition) is 1. The number of aromatic nitrogens is 1. The maximum Gasteiger partial charge on any atom is 0.274 e. The average Bonchev–Trinajstić information content (AvgIpc) is 2.88. The van der Waals surface area contributed by atoms with Gasteiger partial charge in [-0.1, -0.05) is 18.2 Å². The highest BCUT2D eigenvalue weighted by atomic mass is 79.9. The van der Waals surface area contributed by atoms with E-state index in [-0.39, 0.29) is 17.2 Å². The molecule has 0 saturated heterocycles. The lowest BCUT2D eigenvalue weighted by Crippen LogP contribution is -2.38. The first-order chi connectivity index (χ1) is 11.9. The molecule has 0 aliphatic carbocycles. The van der Waals surface area contributed by atoms with E-state index in [4.69, 9.17) is 0 Å². The van der Waals surface area contributed by atoms with E-state index < -0.39 is 0 Å². The lowest BCUT2D eigenvalue weighted by molar-refractivity contribution is -0.385. The van der Waals surface area contributed by atoms with E-state index in [1.807, 2.05) is 36.7 Å². The van der Waals surface area contributed by atoms with Gasteiger partial charge in [0.25, 0.3) is 5.69 Å². The molecule has 2 aromatic rings. The van der Waals surface area contributed by atoms with Crippen molar-refractivity contribution in [2.24, 2.45) is 12.0 Å². The van der Waals surface area contributed by atoms with Crippen molar-refractivity contribution in [2.75, 3.05) is 13.6 Å². The van der Waals surface area contributed by atoms with Crippen molar-refractivity contribution in [1.82, 2.24) is 14.8 Å². The summed E-state index contributed by atoms with van der Waals surface area (Å²) >= 11 is 3.47. The fourth-order valence-corrected chi connectivity index (χ4v) is 3.06. The maximum atomic E-state index is 11.1. The minimum Gasteiger partial charge on any atom is -0.357 e. The van der Waals surface area contributed by atoms with Gasteiger partial charge in [0.15, 0.2) is 5.96 Å². The van der Waals surface area contributed by atoms with E-state index in [0.29, 0.717) is 18.1 Å². The Morgan fingerprint density at radius 3 is 2.76 bits per heavy atom. The summed E-state index contributed by atoms with van der Waals surface area (Å²) in [5.74, 6) is 0.706. The molecule has 1 aromatic heterocycles. The number of benzene rings is 1. The number of aryl methyl sites for hydroxylation is 1. The molecule has 0 fully saturated rings. The molecular formula is C17H22BrN5O2. The smallest absolute Gasteiger partial charge is 0.274 e. The van der Waals surface area contributed by atoms with Gasteiger partial charge in [-0.2, -0.15) is 0 Å². The number of nitro benzene ring substituents is 1. The summed E-state index contributed by atoms with van der Waals surface area (Å²) in [5, 5.41) is 14.4. The zero-order valence-electron chi connectivity index (χ0n) is 14.6. The van der Waals surface area contributed by atoms with Crippen molar-refractivity contribution in [3.05, 3.63) is 62.4 Å². The third-order valence-electron chi connectivity index (χ3n) is 3.76. The number of rotatable bonds is 6. The van der Waals surface area contributed by atoms with Crippen LogP contribution in [0.3, 0.4) is 0 Å². The Bertz CT molecular complexity index is 772. The lowest BCUT2D eigenvalue weighted by atomic mass is 10.2. The summed E-state index contributed by atoms with van der Waals surface area (Å²) in [5.41, 5.74) is 1.82. The number of aliphatic imine (C=N–C) groups is 1. The zero-order valence-corrected chi connectivity index (χ0v) is 16.2. The van der Waals surface area contributed by atoms with Gasteiger partial charge < -0.3 is 14.8 Å². The van der Waals surface area contributed by atoms with Crippen LogP contribution in [-0.2, 0) is 20.1 Å². The third kappa shape index (κ3) is 5.06. The van der Waals surface area contributed by atoms with E-state index in [2.05, 4.69) is 32.3 Å². The molecule has 2 rings (SSSR count). The summed E-state index contributed by atoms with van der Waals surface area (Å²) in [7, 11) is 3.94. The van der Waals surface area contributed by atoms with Crippen LogP contribution < -0.4 is 5.32 Å². The molecule has 8 heteroatoms. The number of nitro groups is 1.